The molecule has 0 fully saturated rings. The number of aliphatic hydroxyl groups excluding tert-OH is 1. The maximum absolute atomic E-state index is 12.0. The van der Waals surface area contributed by atoms with Gasteiger partial charge in [-0.25, -0.2) is 0 Å². The van der Waals surface area contributed by atoms with Crippen molar-refractivity contribution in [2.45, 2.75) is 6.42 Å². The molecule has 116 valence electrons. The molecule has 0 bridgehead atoms. The number of hydrogen-bond donors (Lipinski definition) is 2. The summed E-state index contributed by atoms with van der Waals surface area (Å²) in [6.07, 6.45) is 1.31. The molecule has 0 aromatic heterocycles. The van der Waals surface area contributed by atoms with Gasteiger partial charge in [-0.1, -0.05) is 12.1 Å². The molecular formula is C15H16N2O5. The van der Waals surface area contributed by atoms with Crippen LogP contribution in [-0.4, -0.2) is 48.1 Å². The zero-order valence-electron chi connectivity index (χ0n) is 12.0. The number of carbonyl (C=O) groups excluding carboxylic acids is 3. The summed E-state index contributed by atoms with van der Waals surface area (Å²) in [6, 6.07) is 6.91. The van der Waals surface area contributed by atoms with Crippen LogP contribution in [0.4, 0.5) is 5.69 Å². The molecule has 2 rings (SSSR count). The largest absolute Gasteiger partial charge is 0.469 e. The van der Waals surface area contributed by atoms with Crippen LogP contribution in [0.25, 0.3) is 0 Å². The molecule has 0 aliphatic carbocycles. The number of methoxy groups -OCH3 is 1. The van der Waals surface area contributed by atoms with Crippen LogP contribution in [-0.2, 0) is 25.5 Å². The van der Waals surface area contributed by atoms with Crippen LogP contribution in [0.3, 0.4) is 0 Å². The van der Waals surface area contributed by atoms with Gasteiger partial charge >= 0.3 is 5.97 Å². The number of nitrogens with one attached hydrogen (secondary N) is 1. The van der Waals surface area contributed by atoms with Crippen molar-refractivity contribution in [3.05, 3.63) is 41.6 Å². The monoisotopic (exact) mass is 304 g/mol. The number of amides is 2. The molecule has 22 heavy (non-hydrogen) atoms. The van der Waals surface area contributed by atoms with Gasteiger partial charge in [-0.15, -0.1) is 0 Å². The minimum Gasteiger partial charge on any atom is -0.469 e. The Morgan fingerprint density at radius 2 is 2.14 bits per heavy atom. The summed E-state index contributed by atoms with van der Waals surface area (Å²) < 4.78 is 4.60. The van der Waals surface area contributed by atoms with Crippen molar-refractivity contribution in [1.29, 1.82) is 0 Å². The van der Waals surface area contributed by atoms with E-state index < -0.39 is 11.8 Å². The van der Waals surface area contributed by atoms with Crippen LogP contribution in [0.15, 0.2) is 36.0 Å². The molecule has 0 radical (unpaired) electrons. The highest BCUT2D eigenvalue weighted by atomic mass is 16.5. The number of anilines is 1. The third-order valence-electron chi connectivity index (χ3n) is 3.12. The Bertz CT molecular complexity index is 639. The number of ether oxygens (including phenoxy) is 1. The SMILES string of the molecule is COC(=O)Cc1cccc(NC2=CC(=O)N(CCO)C2=O)c1. The van der Waals surface area contributed by atoms with Crippen LogP contribution >= 0.6 is 0 Å². The zero-order chi connectivity index (χ0) is 16.1. The van der Waals surface area contributed by atoms with E-state index in [0.717, 1.165) is 10.5 Å². The minimum atomic E-state index is -0.488. The van der Waals surface area contributed by atoms with Crippen LogP contribution < -0.4 is 5.32 Å². The molecule has 1 heterocycles. The number of aliphatic hydroxyl groups is 1. The third kappa shape index (κ3) is 3.50. The van der Waals surface area contributed by atoms with Crippen LogP contribution in [0, 0.1) is 0 Å². The smallest absolute Gasteiger partial charge is 0.309 e. The molecule has 0 saturated carbocycles. The van der Waals surface area contributed by atoms with E-state index in [1.165, 1.54) is 13.2 Å². The fraction of sp³-hybridized carbons (Fsp3) is 0.267. The van der Waals surface area contributed by atoms with Gasteiger partial charge in [-0.3, -0.25) is 19.3 Å². The topological polar surface area (TPSA) is 95.9 Å². The van der Waals surface area contributed by atoms with E-state index in [-0.39, 0.29) is 31.2 Å². The summed E-state index contributed by atoms with van der Waals surface area (Å²) in [6.45, 7) is -0.324. The second-order valence-electron chi connectivity index (χ2n) is 4.65. The van der Waals surface area contributed by atoms with Crippen molar-refractivity contribution in [2.75, 3.05) is 25.6 Å². The van der Waals surface area contributed by atoms with Gasteiger partial charge in [0, 0.05) is 11.8 Å². The lowest BCUT2D eigenvalue weighted by atomic mass is 10.1. The lowest BCUT2D eigenvalue weighted by Crippen LogP contribution is -2.34. The van der Waals surface area contributed by atoms with E-state index in [9.17, 15) is 14.4 Å². The van der Waals surface area contributed by atoms with E-state index in [0.29, 0.717) is 5.69 Å². The zero-order valence-corrected chi connectivity index (χ0v) is 12.0. The van der Waals surface area contributed by atoms with E-state index >= 15 is 0 Å². The number of esters is 1. The van der Waals surface area contributed by atoms with Crippen molar-refractivity contribution in [3.8, 4) is 0 Å². The average Bonchev–Trinajstić information content (AvgIpc) is 2.75. The molecule has 0 saturated heterocycles. The van der Waals surface area contributed by atoms with E-state index in [4.69, 9.17) is 5.11 Å². The fourth-order valence-corrected chi connectivity index (χ4v) is 2.06. The van der Waals surface area contributed by atoms with Gasteiger partial charge < -0.3 is 15.2 Å². The molecule has 0 unspecified atom stereocenters. The Balaban J connectivity index is 2.10. The molecule has 0 spiro atoms. The van der Waals surface area contributed by atoms with Gasteiger partial charge in [0.15, 0.2) is 0 Å². The van der Waals surface area contributed by atoms with Crippen LogP contribution in [0.2, 0.25) is 0 Å². The molecule has 2 amide bonds. The highest BCUT2D eigenvalue weighted by molar-refractivity contribution is 6.17. The van der Waals surface area contributed by atoms with Gasteiger partial charge in [0.1, 0.15) is 5.70 Å². The van der Waals surface area contributed by atoms with E-state index in [1.807, 2.05) is 0 Å². The highest BCUT2D eigenvalue weighted by Crippen LogP contribution is 2.18. The third-order valence-corrected chi connectivity index (χ3v) is 3.12. The fourth-order valence-electron chi connectivity index (χ4n) is 2.06. The Hall–Kier alpha value is -2.67. The van der Waals surface area contributed by atoms with Crippen molar-refractivity contribution in [1.82, 2.24) is 4.90 Å². The molecular weight excluding hydrogens is 288 g/mol. The summed E-state index contributed by atoms with van der Waals surface area (Å²) in [4.78, 5) is 35.9. The molecule has 1 aliphatic rings. The number of imide groups is 1. The van der Waals surface area contributed by atoms with E-state index in [1.54, 1.807) is 24.3 Å². The molecule has 0 atom stereocenters. The second-order valence-corrected chi connectivity index (χ2v) is 4.65. The summed E-state index contributed by atoms with van der Waals surface area (Å²) in [7, 11) is 1.31. The highest BCUT2D eigenvalue weighted by Gasteiger charge is 2.30. The predicted octanol–water partition coefficient (Wildman–Crippen LogP) is 0.0590. The number of β-amino-alcohol motifs (C(OH)–C–C–N with tert-alkyl or cyclic N) is 1. The Morgan fingerprint density at radius 1 is 1.36 bits per heavy atom. The first-order chi connectivity index (χ1) is 10.5. The Kier molecular flexibility index (Phi) is 4.90. The average molecular weight is 304 g/mol. The number of nitrogens with zero attached hydrogens (tertiary/aromatic N) is 1. The van der Waals surface area contributed by atoms with Gasteiger partial charge in [-0.2, -0.15) is 0 Å². The lowest BCUT2D eigenvalue weighted by Gasteiger charge is -2.13. The number of benzene rings is 1. The van der Waals surface area contributed by atoms with Gasteiger partial charge in [-0.05, 0) is 17.7 Å². The summed E-state index contributed by atoms with van der Waals surface area (Å²) in [5, 5.41) is 11.7. The predicted molar refractivity (Wildman–Crippen MR) is 77.7 cm³/mol. The van der Waals surface area contributed by atoms with E-state index in [2.05, 4.69) is 10.1 Å². The first kappa shape index (κ1) is 15.7. The maximum atomic E-state index is 12.0. The minimum absolute atomic E-state index is 0.0400. The van der Waals surface area contributed by atoms with Gasteiger partial charge in [0.25, 0.3) is 11.8 Å². The standard InChI is InChI=1S/C15H16N2O5/c1-22-14(20)8-10-3-2-4-11(7-10)16-12-9-13(19)17(5-6-18)15(12)21/h2-4,7,9,16,18H,5-6,8H2,1H3. The first-order valence-corrected chi connectivity index (χ1v) is 6.66. The second kappa shape index (κ2) is 6.86. The summed E-state index contributed by atoms with van der Waals surface area (Å²) in [5.41, 5.74) is 1.44. The first-order valence-electron chi connectivity index (χ1n) is 6.66. The van der Waals surface area contributed by atoms with Crippen LogP contribution in [0.5, 0.6) is 0 Å². The number of carbonyl (C=O) groups is 3. The van der Waals surface area contributed by atoms with Crippen molar-refractivity contribution in [2.24, 2.45) is 0 Å². The molecule has 7 heteroatoms. The van der Waals surface area contributed by atoms with Crippen molar-refractivity contribution >= 4 is 23.5 Å². The molecule has 1 aromatic rings. The van der Waals surface area contributed by atoms with Gasteiger partial charge in [0.2, 0.25) is 0 Å². The number of hydrogen-bond acceptors (Lipinski definition) is 6. The van der Waals surface area contributed by atoms with Crippen LogP contribution in [0.1, 0.15) is 5.56 Å². The van der Waals surface area contributed by atoms with Crippen molar-refractivity contribution in [3.63, 3.8) is 0 Å². The maximum Gasteiger partial charge on any atom is 0.309 e. The lowest BCUT2D eigenvalue weighted by molar-refractivity contribution is -0.140. The Labute approximate surface area is 127 Å². The molecule has 7 nitrogen and oxygen atoms in total. The molecule has 1 aromatic carbocycles. The van der Waals surface area contributed by atoms with Gasteiger partial charge in [0.05, 0.1) is 26.7 Å². The molecule has 2 N–H and O–H groups in total. The summed E-state index contributed by atoms with van der Waals surface area (Å²) in [5.74, 6) is -1.32. The quantitative estimate of drug-likeness (QED) is 0.570. The summed E-state index contributed by atoms with van der Waals surface area (Å²) >= 11 is 0. The van der Waals surface area contributed by atoms with Crippen molar-refractivity contribution < 1.29 is 24.2 Å². The Morgan fingerprint density at radius 3 is 2.82 bits per heavy atom. The number of rotatable bonds is 6. The normalized spacial score (nSPS) is 14.1. The molecule has 1 aliphatic heterocycles.